The monoisotopic (exact) mass is 485 g/mol. The third-order valence-corrected chi connectivity index (χ3v) is 6.58. The first-order chi connectivity index (χ1) is 15.3. The number of carboxylic acids is 1. The Hall–Kier alpha value is -1.26. The van der Waals surface area contributed by atoms with Gasteiger partial charge in [-0.3, -0.25) is 4.79 Å². The number of rotatable bonds is 17. The summed E-state index contributed by atoms with van der Waals surface area (Å²) in [5, 5.41) is 15.6. The topological polar surface area (TPSA) is 114 Å². The van der Waals surface area contributed by atoms with Crippen molar-refractivity contribution in [3.05, 3.63) is 35.9 Å². The zero-order valence-corrected chi connectivity index (χ0v) is 21.0. The lowest BCUT2D eigenvalue weighted by Crippen LogP contribution is -2.50. The zero-order chi connectivity index (χ0) is 23.9. The summed E-state index contributed by atoms with van der Waals surface area (Å²) in [7, 11) is 0. The molecule has 1 rings (SSSR count). The van der Waals surface area contributed by atoms with Gasteiger partial charge in [0.1, 0.15) is 12.1 Å². The second-order valence-electron chi connectivity index (χ2n) is 8.04. The smallest absolute Gasteiger partial charge is 0.326 e. The number of aliphatic carboxylic acids is 1. The van der Waals surface area contributed by atoms with Crippen LogP contribution in [0.1, 0.15) is 32.3 Å². The van der Waals surface area contributed by atoms with Gasteiger partial charge in [0.15, 0.2) is 0 Å². The molecule has 5 atom stereocenters. The third kappa shape index (κ3) is 11.0. The number of ether oxygens (including phenoxy) is 1. The zero-order valence-electron chi connectivity index (χ0n) is 19.3. The summed E-state index contributed by atoms with van der Waals surface area (Å²) in [6.45, 7) is 5.16. The van der Waals surface area contributed by atoms with E-state index < -0.39 is 24.0 Å². The molecule has 9 heteroatoms. The lowest BCUT2D eigenvalue weighted by molar-refractivity contribution is -0.144. The van der Waals surface area contributed by atoms with Crippen molar-refractivity contribution in [2.75, 3.05) is 30.9 Å². The fourth-order valence-electron chi connectivity index (χ4n) is 3.11. The summed E-state index contributed by atoms with van der Waals surface area (Å²) in [6.07, 6.45) is 2.79. The fraction of sp³-hybridized carbons (Fsp3) is 0.652. The molecule has 1 aromatic rings. The van der Waals surface area contributed by atoms with Gasteiger partial charge in [-0.1, -0.05) is 50.6 Å². The molecule has 0 fully saturated rings. The van der Waals surface area contributed by atoms with Crippen molar-refractivity contribution in [3.8, 4) is 0 Å². The molecule has 182 valence electrons. The SMILES string of the molecule is CC[C@H](C)C(COC(Cc1ccccc1)C(=O)N[C@H](CCSC)C(=O)O)NCC(N)CS. The van der Waals surface area contributed by atoms with Crippen LogP contribution in [0.2, 0.25) is 0 Å². The predicted molar refractivity (Wildman–Crippen MR) is 136 cm³/mol. The van der Waals surface area contributed by atoms with E-state index >= 15 is 0 Å². The van der Waals surface area contributed by atoms with Crippen molar-refractivity contribution >= 4 is 36.3 Å². The molecule has 0 spiro atoms. The molecular formula is C23H39N3O4S2. The largest absolute Gasteiger partial charge is 0.480 e. The van der Waals surface area contributed by atoms with Gasteiger partial charge < -0.3 is 26.2 Å². The first-order valence-electron chi connectivity index (χ1n) is 11.1. The first kappa shape index (κ1) is 28.8. The fourth-order valence-corrected chi connectivity index (χ4v) is 3.71. The van der Waals surface area contributed by atoms with Crippen LogP contribution in [-0.2, 0) is 20.7 Å². The van der Waals surface area contributed by atoms with Gasteiger partial charge in [0.2, 0.25) is 5.91 Å². The van der Waals surface area contributed by atoms with Gasteiger partial charge in [-0.2, -0.15) is 24.4 Å². The van der Waals surface area contributed by atoms with Crippen molar-refractivity contribution in [3.63, 3.8) is 0 Å². The highest BCUT2D eigenvalue weighted by Gasteiger charge is 2.27. The average molecular weight is 486 g/mol. The number of benzene rings is 1. The van der Waals surface area contributed by atoms with Gasteiger partial charge in [-0.05, 0) is 29.9 Å². The standard InChI is InChI=1S/C23H39N3O4S2/c1-4-16(2)20(25-13-18(24)15-31)14-30-21(12-17-8-6-5-7-9-17)22(27)26-19(23(28)29)10-11-32-3/h5-9,16,18-21,25,31H,4,10-15,24H2,1-3H3,(H,26,27)(H,28,29)/t16-,18?,19+,20?,21?/m0/s1. The maximum Gasteiger partial charge on any atom is 0.326 e. The molecule has 0 aliphatic heterocycles. The third-order valence-electron chi connectivity index (χ3n) is 5.47. The van der Waals surface area contributed by atoms with E-state index in [1.807, 2.05) is 36.6 Å². The Morgan fingerprint density at radius 1 is 1.28 bits per heavy atom. The van der Waals surface area contributed by atoms with Crippen LogP contribution in [0.4, 0.5) is 0 Å². The number of hydrogen-bond acceptors (Lipinski definition) is 7. The highest BCUT2D eigenvalue weighted by atomic mass is 32.2. The van der Waals surface area contributed by atoms with Crippen LogP contribution in [0.5, 0.6) is 0 Å². The summed E-state index contributed by atoms with van der Waals surface area (Å²) in [4.78, 5) is 24.6. The van der Waals surface area contributed by atoms with E-state index in [1.165, 1.54) is 0 Å². The Morgan fingerprint density at radius 2 is 1.97 bits per heavy atom. The Kier molecular flexibility index (Phi) is 14.7. The number of amides is 1. The summed E-state index contributed by atoms with van der Waals surface area (Å²) >= 11 is 5.78. The highest BCUT2D eigenvalue weighted by molar-refractivity contribution is 7.98. The molecule has 3 unspecified atom stereocenters. The predicted octanol–water partition coefficient (Wildman–Crippen LogP) is 2.20. The number of carbonyl (C=O) groups excluding carboxylic acids is 1. The number of carbonyl (C=O) groups is 2. The highest BCUT2D eigenvalue weighted by Crippen LogP contribution is 2.13. The van der Waals surface area contributed by atoms with Crippen LogP contribution < -0.4 is 16.4 Å². The molecule has 0 saturated heterocycles. The molecule has 0 aliphatic rings. The summed E-state index contributed by atoms with van der Waals surface area (Å²) in [5.41, 5.74) is 6.94. The molecule has 1 amide bonds. The van der Waals surface area contributed by atoms with Crippen LogP contribution in [0.15, 0.2) is 30.3 Å². The molecule has 0 aromatic heterocycles. The van der Waals surface area contributed by atoms with Crippen molar-refractivity contribution in [2.24, 2.45) is 11.7 Å². The number of thiol groups is 1. The van der Waals surface area contributed by atoms with Crippen LogP contribution >= 0.6 is 24.4 Å². The van der Waals surface area contributed by atoms with E-state index in [0.717, 1.165) is 12.0 Å². The molecule has 0 heterocycles. The Balaban J connectivity index is 2.91. The molecular weight excluding hydrogens is 446 g/mol. The first-order valence-corrected chi connectivity index (χ1v) is 13.1. The molecule has 7 nitrogen and oxygen atoms in total. The lowest BCUT2D eigenvalue weighted by atomic mass is 9.99. The van der Waals surface area contributed by atoms with Gasteiger partial charge in [0.05, 0.1) is 6.61 Å². The second kappa shape index (κ2) is 16.4. The number of nitrogens with two attached hydrogens (primary N) is 1. The molecule has 0 saturated carbocycles. The minimum Gasteiger partial charge on any atom is -0.480 e. The number of hydrogen-bond donors (Lipinski definition) is 5. The molecule has 0 aliphatic carbocycles. The average Bonchev–Trinajstić information content (AvgIpc) is 2.80. The van der Waals surface area contributed by atoms with Gasteiger partial charge in [0.25, 0.3) is 0 Å². The Labute approximate surface area is 202 Å². The van der Waals surface area contributed by atoms with Gasteiger partial charge >= 0.3 is 5.97 Å². The van der Waals surface area contributed by atoms with E-state index in [4.69, 9.17) is 10.5 Å². The van der Waals surface area contributed by atoms with Crippen LogP contribution in [-0.4, -0.2) is 72.1 Å². The van der Waals surface area contributed by atoms with Gasteiger partial charge in [-0.15, -0.1) is 0 Å². The van der Waals surface area contributed by atoms with Crippen LogP contribution in [0.3, 0.4) is 0 Å². The minimum atomic E-state index is -1.04. The molecule has 32 heavy (non-hydrogen) atoms. The van der Waals surface area contributed by atoms with E-state index in [1.54, 1.807) is 11.8 Å². The minimum absolute atomic E-state index is 0.0174. The maximum atomic E-state index is 13.0. The molecule has 1 aromatic carbocycles. The van der Waals surface area contributed by atoms with Gasteiger partial charge in [0, 0.05) is 30.8 Å². The molecule has 0 radical (unpaired) electrons. The van der Waals surface area contributed by atoms with E-state index in [-0.39, 0.29) is 12.1 Å². The lowest BCUT2D eigenvalue weighted by Gasteiger charge is -2.28. The van der Waals surface area contributed by atoms with Crippen molar-refractivity contribution in [1.29, 1.82) is 0 Å². The van der Waals surface area contributed by atoms with Crippen LogP contribution in [0.25, 0.3) is 0 Å². The summed E-state index contributed by atoms with van der Waals surface area (Å²) < 4.78 is 6.11. The Morgan fingerprint density at radius 3 is 2.53 bits per heavy atom. The van der Waals surface area contributed by atoms with Crippen LogP contribution in [0, 0.1) is 5.92 Å². The quantitative estimate of drug-likeness (QED) is 0.215. The van der Waals surface area contributed by atoms with Gasteiger partial charge in [-0.25, -0.2) is 4.79 Å². The van der Waals surface area contributed by atoms with E-state index in [0.29, 0.717) is 43.4 Å². The summed E-state index contributed by atoms with van der Waals surface area (Å²) in [6, 6.07) is 8.61. The molecule has 0 bridgehead atoms. The van der Waals surface area contributed by atoms with E-state index in [2.05, 4.69) is 37.1 Å². The van der Waals surface area contributed by atoms with E-state index in [9.17, 15) is 14.7 Å². The number of thioether (sulfide) groups is 1. The normalized spacial score (nSPS) is 16.0. The van der Waals surface area contributed by atoms with Crippen molar-refractivity contribution in [1.82, 2.24) is 10.6 Å². The second-order valence-corrected chi connectivity index (χ2v) is 9.39. The Bertz CT molecular complexity index is 666. The number of nitrogens with one attached hydrogen (secondary N) is 2. The molecule has 5 N–H and O–H groups in total. The maximum absolute atomic E-state index is 13.0. The summed E-state index contributed by atoms with van der Waals surface area (Å²) in [5.74, 6) is 0.0959. The van der Waals surface area contributed by atoms with Crippen molar-refractivity contribution < 1.29 is 19.4 Å². The van der Waals surface area contributed by atoms with Crippen molar-refractivity contribution in [2.45, 2.75) is 57.3 Å². The number of carboxylic acid groups (broad SMARTS) is 1.